The smallest absolute Gasteiger partial charge is 0.303 e. The molecule has 0 aliphatic heterocycles. The summed E-state index contributed by atoms with van der Waals surface area (Å²) in [5, 5.41) is 8.57. The molecule has 0 aliphatic carbocycles. The topological polar surface area (TPSA) is 63.3 Å². The number of hydrogen-bond donors (Lipinski definition) is 2. The number of hydrogen-bond acceptors (Lipinski definition) is 2. The van der Waals surface area contributed by atoms with Gasteiger partial charge in [-0.25, -0.2) is 0 Å². The molecule has 1 atom stereocenters. The summed E-state index contributed by atoms with van der Waals surface area (Å²) in [7, 11) is 0. The second-order valence-corrected chi connectivity index (χ2v) is 3.90. The van der Waals surface area contributed by atoms with E-state index >= 15 is 0 Å². The van der Waals surface area contributed by atoms with Crippen LogP contribution in [0.1, 0.15) is 35.6 Å². The Hall–Kier alpha value is -1.35. The Kier molecular flexibility index (Phi) is 3.86. The molecule has 1 aromatic carbocycles. The summed E-state index contributed by atoms with van der Waals surface area (Å²) < 4.78 is 0. The van der Waals surface area contributed by atoms with Gasteiger partial charge in [0.15, 0.2) is 0 Å². The number of rotatable bonds is 4. The molecule has 1 aromatic rings. The minimum atomic E-state index is -0.796. The second-order valence-electron chi connectivity index (χ2n) is 3.90. The van der Waals surface area contributed by atoms with Crippen LogP contribution in [0.15, 0.2) is 18.2 Å². The summed E-state index contributed by atoms with van der Waals surface area (Å²) >= 11 is 0. The van der Waals surface area contributed by atoms with Gasteiger partial charge in [-0.3, -0.25) is 4.79 Å². The van der Waals surface area contributed by atoms with Crippen molar-refractivity contribution in [2.75, 3.05) is 0 Å². The third kappa shape index (κ3) is 3.36. The third-order valence-electron chi connectivity index (χ3n) is 2.49. The lowest BCUT2D eigenvalue weighted by atomic mass is 9.97. The molecule has 3 nitrogen and oxygen atoms in total. The van der Waals surface area contributed by atoms with Crippen LogP contribution in [0, 0.1) is 13.8 Å². The summed E-state index contributed by atoms with van der Waals surface area (Å²) in [5.74, 6) is -0.796. The van der Waals surface area contributed by atoms with Gasteiger partial charge in [-0.2, -0.15) is 0 Å². The Labute approximate surface area is 89.9 Å². The van der Waals surface area contributed by atoms with Gasteiger partial charge in [0, 0.05) is 12.5 Å². The van der Waals surface area contributed by atoms with E-state index < -0.39 is 5.97 Å². The van der Waals surface area contributed by atoms with Crippen molar-refractivity contribution in [1.82, 2.24) is 0 Å². The highest BCUT2D eigenvalue weighted by molar-refractivity contribution is 5.66. The van der Waals surface area contributed by atoms with Gasteiger partial charge in [0.2, 0.25) is 0 Å². The zero-order valence-electron chi connectivity index (χ0n) is 9.16. The van der Waals surface area contributed by atoms with Crippen LogP contribution < -0.4 is 5.73 Å². The quantitative estimate of drug-likeness (QED) is 0.795. The van der Waals surface area contributed by atoms with Crippen molar-refractivity contribution in [3.63, 3.8) is 0 Å². The van der Waals surface area contributed by atoms with Crippen LogP contribution in [-0.4, -0.2) is 11.1 Å². The fourth-order valence-corrected chi connectivity index (χ4v) is 1.68. The Morgan fingerprint density at radius 3 is 2.67 bits per heavy atom. The first kappa shape index (κ1) is 11.7. The third-order valence-corrected chi connectivity index (χ3v) is 2.49. The van der Waals surface area contributed by atoms with E-state index in [0.717, 1.165) is 11.1 Å². The lowest BCUT2D eigenvalue weighted by molar-refractivity contribution is -0.137. The van der Waals surface area contributed by atoms with Gasteiger partial charge < -0.3 is 10.8 Å². The van der Waals surface area contributed by atoms with Crippen LogP contribution >= 0.6 is 0 Å². The van der Waals surface area contributed by atoms with Gasteiger partial charge in [0.1, 0.15) is 0 Å². The van der Waals surface area contributed by atoms with Crippen molar-refractivity contribution in [2.45, 2.75) is 32.7 Å². The van der Waals surface area contributed by atoms with Crippen molar-refractivity contribution < 1.29 is 9.90 Å². The molecule has 1 rings (SSSR count). The number of carboxylic acid groups (broad SMARTS) is 1. The summed E-state index contributed by atoms with van der Waals surface area (Å²) in [5.41, 5.74) is 9.30. The fraction of sp³-hybridized carbons (Fsp3) is 0.417. The molecule has 0 saturated carbocycles. The number of benzene rings is 1. The van der Waals surface area contributed by atoms with Gasteiger partial charge in [0.25, 0.3) is 0 Å². The molecular formula is C12H17NO2. The molecule has 82 valence electrons. The number of aryl methyl sites for hydroxylation is 2. The highest BCUT2D eigenvalue weighted by Crippen LogP contribution is 2.20. The Balaban J connectivity index is 2.73. The second kappa shape index (κ2) is 4.94. The molecular weight excluding hydrogens is 190 g/mol. The minimum Gasteiger partial charge on any atom is -0.481 e. The highest BCUT2D eigenvalue weighted by atomic mass is 16.4. The zero-order chi connectivity index (χ0) is 11.4. The first-order valence-electron chi connectivity index (χ1n) is 5.05. The number of aliphatic carboxylic acids is 1. The molecule has 0 aromatic heterocycles. The fourth-order valence-electron chi connectivity index (χ4n) is 1.68. The Bertz CT molecular complexity index is 361. The molecule has 1 unspecified atom stereocenters. The minimum absolute atomic E-state index is 0.120. The predicted octanol–water partition coefficient (Wildman–Crippen LogP) is 2.17. The maximum Gasteiger partial charge on any atom is 0.303 e. The summed E-state index contributed by atoms with van der Waals surface area (Å²) in [6.45, 7) is 4.03. The lowest BCUT2D eigenvalue weighted by Crippen LogP contribution is -2.13. The van der Waals surface area contributed by atoms with Crippen molar-refractivity contribution in [1.29, 1.82) is 0 Å². The maximum atomic E-state index is 10.4. The molecule has 0 bridgehead atoms. The summed E-state index contributed by atoms with van der Waals surface area (Å²) in [6, 6.07) is 5.87. The average molecular weight is 207 g/mol. The molecule has 0 spiro atoms. The normalized spacial score (nSPS) is 12.5. The van der Waals surface area contributed by atoms with Crippen molar-refractivity contribution in [3.8, 4) is 0 Å². The van der Waals surface area contributed by atoms with E-state index in [-0.39, 0.29) is 12.5 Å². The van der Waals surface area contributed by atoms with Crippen LogP contribution in [0.25, 0.3) is 0 Å². The van der Waals surface area contributed by atoms with Crippen LogP contribution in [0.2, 0.25) is 0 Å². The van der Waals surface area contributed by atoms with E-state index in [4.69, 9.17) is 10.8 Å². The first-order chi connectivity index (χ1) is 7.00. The van der Waals surface area contributed by atoms with E-state index in [2.05, 4.69) is 6.07 Å². The van der Waals surface area contributed by atoms with Crippen molar-refractivity contribution >= 4 is 5.97 Å². The van der Waals surface area contributed by atoms with Crippen LogP contribution in [0.5, 0.6) is 0 Å². The molecule has 0 fully saturated rings. The van der Waals surface area contributed by atoms with E-state index in [1.807, 2.05) is 26.0 Å². The largest absolute Gasteiger partial charge is 0.481 e. The van der Waals surface area contributed by atoms with Gasteiger partial charge in [-0.05, 0) is 31.4 Å². The summed E-state index contributed by atoms with van der Waals surface area (Å²) in [6.07, 6.45) is 0.605. The van der Waals surface area contributed by atoms with Crippen LogP contribution in [0.4, 0.5) is 0 Å². The number of nitrogens with two attached hydrogens (primary N) is 1. The van der Waals surface area contributed by atoms with Gasteiger partial charge in [-0.15, -0.1) is 0 Å². The number of carbonyl (C=O) groups is 1. The molecule has 3 heteroatoms. The van der Waals surface area contributed by atoms with Crippen molar-refractivity contribution in [3.05, 3.63) is 34.9 Å². The molecule has 0 aliphatic rings. The molecule has 15 heavy (non-hydrogen) atoms. The average Bonchev–Trinajstić information content (AvgIpc) is 2.14. The van der Waals surface area contributed by atoms with E-state index in [0.29, 0.717) is 6.42 Å². The molecule has 3 N–H and O–H groups in total. The van der Waals surface area contributed by atoms with Gasteiger partial charge in [0.05, 0.1) is 0 Å². The lowest BCUT2D eigenvalue weighted by Gasteiger charge is -2.14. The monoisotopic (exact) mass is 207 g/mol. The SMILES string of the molecule is Cc1ccc(C(N)CCC(=O)O)c(C)c1. The standard InChI is InChI=1S/C12H17NO2/c1-8-3-4-10(9(2)7-8)11(13)5-6-12(14)15/h3-4,7,11H,5-6,13H2,1-2H3,(H,14,15). The first-order valence-corrected chi connectivity index (χ1v) is 5.05. The van der Waals surface area contributed by atoms with E-state index in [1.54, 1.807) is 0 Å². The predicted molar refractivity (Wildman–Crippen MR) is 59.7 cm³/mol. The Morgan fingerprint density at radius 2 is 2.13 bits per heavy atom. The van der Waals surface area contributed by atoms with Crippen LogP contribution in [0.3, 0.4) is 0 Å². The van der Waals surface area contributed by atoms with E-state index in [9.17, 15) is 4.79 Å². The number of carboxylic acids is 1. The molecule has 0 amide bonds. The summed E-state index contributed by atoms with van der Waals surface area (Å²) in [4.78, 5) is 10.4. The zero-order valence-corrected chi connectivity index (χ0v) is 9.16. The maximum absolute atomic E-state index is 10.4. The van der Waals surface area contributed by atoms with E-state index in [1.165, 1.54) is 5.56 Å². The van der Waals surface area contributed by atoms with Gasteiger partial charge in [-0.1, -0.05) is 23.8 Å². The highest BCUT2D eigenvalue weighted by Gasteiger charge is 2.10. The van der Waals surface area contributed by atoms with Gasteiger partial charge >= 0.3 is 5.97 Å². The molecule has 0 saturated heterocycles. The van der Waals surface area contributed by atoms with Crippen molar-refractivity contribution in [2.24, 2.45) is 5.73 Å². The van der Waals surface area contributed by atoms with Crippen LogP contribution in [-0.2, 0) is 4.79 Å². The molecule has 0 heterocycles. The Morgan fingerprint density at radius 1 is 1.47 bits per heavy atom. The molecule has 0 radical (unpaired) electrons.